The van der Waals surface area contributed by atoms with Gasteiger partial charge in [0.05, 0.1) is 24.6 Å². The monoisotopic (exact) mass is 598 g/mol. The van der Waals surface area contributed by atoms with Gasteiger partial charge in [-0.2, -0.15) is 0 Å². The number of aliphatic hydroxyl groups excluding tert-OH is 2. The molecule has 2 saturated carbocycles. The lowest BCUT2D eigenvalue weighted by Crippen LogP contribution is -2.70. The molecule has 40 heavy (non-hydrogen) atoms. The Bertz CT molecular complexity index is 1100. The molecule has 228 valence electrons. The molecule has 1 aromatic carbocycles. The number of hydrogen-bond donors (Lipinski definition) is 3. The van der Waals surface area contributed by atoms with Crippen LogP contribution in [0.15, 0.2) is 24.3 Å². The lowest BCUT2D eigenvalue weighted by molar-refractivity contribution is -0.0947. The molecule has 0 spiro atoms. The van der Waals surface area contributed by atoms with Crippen LogP contribution in [0.2, 0.25) is 16.6 Å². The summed E-state index contributed by atoms with van der Waals surface area (Å²) in [7, 11) is -4.35. The van der Waals surface area contributed by atoms with Crippen LogP contribution in [0.5, 0.6) is 0 Å². The molecule has 1 heterocycles. The Balaban J connectivity index is 1.84. The molecule has 9 atom stereocenters. The Kier molecular flexibility index (Phi) is 9.62. The van der Waals surface area contributed by atoms with E-state index in [0.717, 1.165) is 24.9 Å². The van der Waals surface area contributed by atoms with Crippen LogP contribution < -0.4 is 5.32 Å². The predicted octanol–water partition coefficient (Wildman–Crippen LogP) is 4.15. The van der Waals surface area contributed by atoms with Crippen LogP contribution in [0.4, 0.5) is 4.39 Å². The normalized spacial score (nSPS) is 35.0. The molecule has 0 aromatic heterocycles. The Morgan fingerprint density at radius 3 is 2.10 bits per heavy atom. The second-order valence-corrected chi connectivity index (χ2v) is 21.0. The molecule has 1 aliphatic heterocycles. The average Bonchev–Trinajstić information content (AvgIpc) is 3.11. The summed E-state index contributed by atoms with van der Waals surface area (Å²) in [5.41, 5.74) is 1.84. The minimum atomic E-state index is -3.57. The number of nitrogens with zero attached hydrogens (tertiary/aromatic N) is 1. The van der Waals surface area contributed by atoms with Gasteiger partial charge in [0.25, 0.3) is 0 Å². The first-order valence-electron chi connectivity index (χ1n) is 15.1. The first-order valence-corrected chi connectivity index (χ1v) is 19.1. The fraction of sp³-hybridized carbons (Fsp3) is 0.800. The molecule has 0 bridgehead atoms. The van der Waals surface area contributed by atoms with Crippen molar-refractivity contribution in [3.63, 3.8) is 0 Å². The summed E-state index contributed by atoms with van der Waals surface area (Å²) in [6, 6.07) is 5.59. The number of nitrogens with one attached hydrogen (secondary N) is 1. The minimum Gasteiger partial charge on any atom is -0.411 e. The van der Waals surface area contributed by atoms with Crippen LogP contribution in [0.1, 0.15) is 59.9 Å². The van der Waals surface area contributed by atoms with Crippen LogP contribution in [0, 0.1) is 29.5 Å². The molecular formula is C30H51FN2O5SSi. The highest BCUT2D eigenvalue weighted by molar-refractivity contribution is 7.88. The predicted molar refractivity (Wildman–Crippen MR) is 159 cm³/mol. The summed E-state index contributed by atoms with van der Waals surface area (Å²) in [6.45, 7) is 14.3. The number of fused-ring (bicyclic) bond motifs is 2. The summed E-state index contributed by atoms with van der Waals surface area (Å²) < 4.78 is 48.5. The Morgan fingerprint density at radius 1 is 1.02 bits per heavy atom. The van der Waals surface area contributed by atoms with Crippen molar-refractivity contribution in [1.29, 1.82) is 0 Å². The van der Waals surface area contributed by atoms with E-state index in [4.69, 9.17) is 4.43 Å². The highest BCUT2D eigenvalue weighted by Crippen LogP contribution is 2.55. The van der Waals surface area contributed by atoms with E-state index in [9.17, 15) is 23.0 Å². The molecule has 4 rings (SSSR count). The van der Waals surface area contributed by atoms with Gasteiger partial charge in [0.15, 0.2) is 0 Å². The summed E-state index contributed by atoms with van der Waals surface area (Å²) in [6.07, 6.45) is 1.17. The number of rotatable bonds is 9. The summed E-state index contributed by atoms with van der Waals surface area (Å²) in [4.78, 5) is 0. The van der Waals surface area contributed by atoms with Crippen molar-refractivity contribution in [2.24, 2.45) is 23.7 Å². The number of halogens is 1. The third-order valence-corrected chi connectivity index (χ3v) is 18.0. The van der Waals surface area contributed by atoms with Crippen molar-refractivity contribution in [1.82, 2.24) is 9.62 Å². The van der Waals surface area contributed by atoms with Gasteiger partial charge in [-0.25, -0.2) is 17.1 Å². The van der Waals surface area contributed by atoms with E-state index in [-0.39, 0.29) is 23.9 Å². The maximum atomic E-state index is 13.6. The third-order valence-electron chi connectivity index (χ3n) is 10.6. The standard InChI is InChI=1S/C30H51FN2O5SSi/c1-17(2)40(18(3)4,19(5)6)38-30-25-24(27(33(7)39(8,36)37)22-10-9-15-32-26(22)30)28(34)23(29(25)35)16-20-11-13-21(31)14-12-20/h11-14,17-19,22-30,32,34-35H,9-10,15-16H2,1-8H3. The van der Waals surface area contributed by atoms with Gasteiger partial charge in [-0.05, 0) is 66.0 Å². The van der Waals surface area contributed by atoms with Crippen LogP contribution in [-0.4, -0.2) is 81.5 Å². The van der Waals surface area contributed by atoms with E-state index in [2.05, 4.69) is 46.9 Å². The lowest BCUT2D eigenvalue weighted by Gasteiger charge is -2.57. The second kappa shape index (κ2) is 12.0. The Morgan fingerprint density at radius 2 is 1.57 bits per heavy atom. The number of piperidine rings is 1. The minimum absolute atomic E-state index is 0.0515. The molecular weight excluding hydrogens is 547 g/mol. The van der Waals surface area contributed by atoms with Crippen LogP contribution in [0.25, 0.3) is 0 Å². The number of benzene rings is 1. The van der Waals surface area contributed by atoms with Crippen molar-refractivity contribution >= 4 is 18.3 Å². The van der Waals surface area contributed by atoms with Gasteiger partial charge in [0.1, 0.15) is 5.82 Å². The van der Waals surface area contributed by atoms with Crippen molar-refractivity contribution < 1.29 is 27.4 Å². The zero-order valence-corrected chi connectivity index (χ0v) is 27.2. The zero-order valence-electron chi connectivity index (χ0n) is 25.4. The zero-order chi connectivity index (χ0) is 29.7. The Hall–Kier alpha value is -0.883. The van der Waals surface area contributed by atoms with E-state index in [1.165, 1.54) is 22.7 Å². The van der Waals surface area contributed by atoms with Crippen LogP contribution >= 0.6 is 0 Å². The van der Waals surface area contributed by atoms with Gasteiger partial charge in [-0.15, -0.1) is 0 Å². The molecule has 3 N–H and O–H groups in total. The van der Waals surface area contributed by atoms with Gasteiger partial charge in [0, 0.05) is 36.9 Å². The molecule has 0 radical (unpaired) electrons. The van der Waals surface area contributed by atoms with E-state index in [1.54, 1.807) is 19.2 Å². The third kappa shape index (κ3) is 5.58. The summed E-state index contributed by atoms with van der Waals surface area (Å²) in [5.74, 6) is -1.82. The molecule has 9 unspecified atom stereocenters. The molecule has 3 fully saturated rings. The van der Waals surface area contributed by atoms with Crippen molar-refractivity contribution in [2.75, 3.05) is 19.8 Å². The fourth-order valence-electron chi connectivity index (χ4n) is 8.94. The molecule has 1 saturated heterocycles. The molecule has 0 amide bonds. The van der Waals surface area contributed by atoms with Crippen molar-refractivity contribution in [3.8, 4) is 0 Å². The van der Waals surface area contributed by atoms with Gasteiger partial charge in [-0.1, -0.05) is 53.7 Å². The van der Waals surface area contributed by atoms with Gasteiger partial charge in [-0.3, -0.25) is 0 Å². The molecule has 2 aliphatic carbocycles. The lowest BCUT2D eigenvalue weighted by atomic mass is 9.64. The quantitative estimate of drug-likeness (QED) is 0.370. The highest BCUT2D eigenvalue weighted by Gasteiger charge is 2.65. The van der Waals surface area contributed by atoms with E-state index in [0.29, 0.717) is 23.0 Å². The number of sulfonamides is 1. The first-order chi connectivity index (χ1) is 18.6. The Labute approximate surface area is 242 Å². The van der Waals surface area contributed by atoms with Crippen molar-refractivity contribution in [3.05, 3.63) is 35.6 Å². The topological polar surface area (TPSA) is 99.1 Å². The maximum Gasteiger partial charge on any atom is 0.211 e. The van der Waals surface area contributed by atoms with E-state index in [1.807, 2.05) is 0 Å². The smallest absolute Gasteiger partial charge is 0.211 e. The maximum absolute atomic E-state index is 13.6. The van der Waals surface area contributed by atoms with Gasteiger partial charge < -0.3 is 20.0 Å². The molecule has 1 aromatic rings. The van der Waals surface area contributed by atoms with E-state index < -0.39 is 54.3 Å². The van der Waals surface area contributed by atoms with Gasteiger partial charge in [0.2, 0.25) is 18.3 Å². The average molecular weight is 599 g/mol. The molecule has 10 heteroatoms. The molecule has 3 aliphatic rings. The molecule has 7 nitrogen and oxygen atoms in total. The largest absolute Gasteiger partial charge is 0.411 e. The second-order valence-electron chi connectivity index (χ2n) is 13.6. The summed E-state index contributed by atoms with van der Waals surface area (Å²) >= 11 is 0. The van der Waals surface area contributed by atoms with Gasteiger partial charge >= 0.3 is 0 Å². The van der Waals surface area contributed by atoms with E-state index >= 15 is 0 Å². The van der Waals surface area contributed by atoms with Crippen molar-refractivity contribution in [2.45, 2.75) is 108 Å². The first kappa shape index (κ1) is 32.0. The van der Waals surface area contributed by atoms with Crippen LogP contribution in [-0.2, 0) is 20.9 Å². The van der Waals surface area contributed by atoms with Crippen LogP contribution in [0.3, 0.4) is 0 Å². The fourth-order valence-corrected chi connectivity index (χ4v) is 15.3. The number of aliphatic hydroxyl groups is 2. The SMILES string of the molecule is CC(C)[Si](OC1C2NCCCC2C(N(C)S(C)(=O)=O)C2C(O)C(Cc3ccc(F)cc3)C(O)C12)(C(C)C)C(C)C. The number of hydrogen-bond acceptors (Lipinski definition) is 6. The highest BCUT2D eigenvalue weighted by atomic mass is 32.2. The summed E-state index contributed by atoms with van der Waals surface area (Å²) in [5, 5.41) is 27.7.